The van der Waals surface area contributed by atoms with Crippen LogP contribution in [0.4, 0.5) is 0 Å². The van der Waals surface area contributed by atoms with Crippen molar-refractivity contribution in [2.24, 2.45) is 5.92 Å². The monoisotopic (exact) mass is 383 g/mol. The van der Waals surface area contributed by atoms with Gasteiger partial charge in [-0.3, -0.25) is 0 Å². The van der Waals surface area contributed by atoms with Crippen LogP contribution in [0.3, 0.4) is 0 Å². The van der Waals surface area contributed by atoms with E-state index in [9.17, 15) is 0 Å². The van der Waals surface area contributed by atoms with Gasteiger partial charge in [-0.25, -0.2) is 4.98 Å². The number of oxazole rings is 1. The quantitative estimate of drug-likeness (QED) is 0.442. The SMILES string of the molecule is C[C@@H]1CCc2sc(-c3nnc(SCc4nc5ccccc5o4)o3)cc2C1. The number of nitrogens with zero attached hydrogens (tertiary/aromatic N) is 3. The second-order valence-corrected chi connectivity index (χ2v) is 8.71. The summed E-state index contributed by atoms with van der Waals surface area (Å²) in [6.07, 6.45) is 3.58. The lowest BCUT2D eigenvalue weighted by atomic mass is 9.90. The van der Waals surface area contributed by atoms with Crippen LogP contribution >= 0.6 is 23.1 Å². The van der Waals surface area contributed by atoms with Crippen molar-refractivity contribution < 1.29 is 8.83 Å². The highest BCUT2D eigenvalue weighted by molar-refractivity contribution is 7.98. The number of hydrogen-bond acceptors (Lipinski definition) is 7. The zero-order valence-corrected chi connectivity index (χ0v) is 15.9. The molecule has 0 amide bonds. The minimum atomic E-state index is 0.544. The van der Waals surface area contributed by atoms with Crippen LogP contribution in [0, 0.1) is 5.92 Å². The van der Waals surface area contributed by atoms with Gasteiger partial charge in [0.15, 0.2) is 5.58 Å². The number of aromatic nitrogens is 3. The average Bonchev–Trinajstić information content (AvgIpc) is 3.36. The Balaban J connectivity index is 1.31. The molecule has 0 saturated carbocycles. The molecule has 5 rings (SSSR count). The molecule has 0 N–H and O–H groups in total. The molecule has 26 heavy (non-hydrogen) atoms. The average molecular weight is 383 g/mol. The first-order chi connectivity index (χ1) is 12.7. The molecule has 0 radical (unpaired) electrons. The molecule has 1 aromatic carbocycles. The topological polar surface area (TPSA) is 65.0 Å². The van der Waals surface area contributed by atoms with Gasteiger partial charge in [-0.2, -0.15) is 0 Å². The second kappa shape index (κ2) is 6.55. The predicted molar refractivity (Wildman–Crippen MR) is 102 cm³/mol. The van der Waals surface area contributed by atoms with Crippen molar-refractivity contribution in [3.8, 4) is 10.8 Å². The Morgan fingerprint density at radius 1 is 1.23 bits per heavy atom. The van der Waals surface area contributed by atoms with Crippen LogP contribution in [0.5, 0.6) is 0 Å². The van der Waals surface area contributed by atoms with E-state index in [1.165, 1.54) is 28.6 Å². The highest BCUT2D eigenvalue weighted by Gasteiger charge is 2.21. The van der Waals surface area contributed by atoms with Gasteiger partial charge in [-0.1, -0.05) is 30.8 Å². The maximum Gasteiger partial charge on any atom is 0.277 e. The van der Waals surface area contributed by atoms with Crippen LogP contribution in [0.15, 0.2) is 44.4 Å². The van der Waals surface area contributed by atoms with E-state index in [0.717, 1.165) is 34.7 Å². The van der Waals surface area contributed by atoms with E-state index in [1.807, 2.05) is 24.3 Å². The number of hydrogen-bond donors (Lipinski definition) is 0. The molecule has 1 aliphatic rings. The van der Waals surface area contributed by atoms with Crippen LogP contribution in [-0.2, 0) is 18.6 Å². The second-order valence-electron chi connectivity index (χ2n) is 6.64. The summed E-state index contributed by atoms with van der Waals surface area (Å²) in [5, 5.41) is 8.94. The van der Waals surface area contributed by atoms with Crippen molar-refractivity contribution in [2.75, 3.05) is 0 Å². The standard InChI is InChI=1S/C19H17N3O2S2/c1-11-6-7-15-12(8-11)9-16(26-15)18-21-22-19(24-18)25-10-17-20-13-4-2-3-5-14(13)23-17/h2-5,9,11H,6-8,10H2,1H3/t11-/m1/s1. The van der Waals surface area contributed by atoms with Crippen molar-refractivity contribution in [3.63, 3.8) is 0 Å². The van der Waals surface area contributed by atoms with Gasteiger partial charge in [0.05, 0.1) is 10.6 Å². The summed E-state index contributed by atoms with van der Waals surface area (Å²) < 4.78 is 11.6. The maximum absolute atomic E-state index is 5.85. The van der Waals surface area contributed by atoms with Gasteiger partial charge in [-0.15, -0.1) is 21.5 Å². The fourth-order valence-corrected chi connectivity index (χ4v) is 5.02. The van der Waals surface area contributed by atoms with Gasteiger partial charge in [0.2, 0.25) is 5.89 Å². The van der Waals surface area contributed by atoms with Crippen molar-refractivity contribution in [1.82, 2.24) is 15.2 Å². The Kier molecular flexibility index (Phi) is 4.05. The summed E-state index contributed by atoms with van der Waals surface area (Å²) in [6.45, 7) is 2.31. The van der Waals surface area contributed by atoms with Crippen molar-refractivity contribution in [2.45, 2.75) is 37.2 Å². The first-order valence-electron chi connectivity index (χ1n) is 8.67. The number of rotatable bonds is 4. The van der Waals surface area contributed by atoms with Crippen LogP contribution in [0.25, 0.3) is 21.9 Å². The van der Waals surface area contributed by atoms with Crippen LogP contribution < -0.4 is 0 Å². The molecule has 3 aromatic heterocycles. The predicted octanol–water partition coefficient (Wildman–Crippen LogP) is 5.36. The van der Waals surface area contributed by atoms with Gasteiger partial charge < -0.3 is 8.83 Å². The third-order valence-corrected chi connectivity index (χ3v) is 6.63. The van der Waals surface area contributed by atoms with Crippen molar-refractivity contribution in [1.29, 1.82) is 0 Å². The Bertz CT molecular complexity index is 1030. The largest absolute Gasteiger partial charge is 0.440 e. The first-order valence-corrected chi connectivity index (χ1v) is 10.5. The zero-order valence-electron chi connectivity index (χ0n) is 14.3. The van der Waals surface area contributed by atoms with E-state index in [-0.39, 0.29) is 0 Å². The molecule has 0 aliphatic heterocycles. The van der Waals surface area contributed by atoms with E-state index in [4.69, 9.17) is 8.83 Å². The molecule has 132 valence electrons. The molecular formula is C19H17N3O2S2. The lowest BCUT2D eigenvalue weighted by molar-refractivity contribution is 0.465. The zero-order chi connectivity index (χ0) is 17.5. The molecular weight excluding hydrogens is 366 g/mol. The Hall–Kier alpha value is -2.12. The van der Waals surface area contributed by atoms with Crippen LogP contribution in [0.1, 0.15) is 29.7 Å². The maximum atomic E-state index is 5.85. The molecule has 7 heteroatoms. The molecule has 0 fully saturated rings. The Labute approximate surface area is 158 Å². The van der Waals surface area contributed by atoms with E-state index >= 15 is 0 Å². The molecule has 1 aliphatic carbocycles. The summed E-state index contributed by atoms with van der Waals surface area (Å²) in [7, 11) is 0. The van der Waals surface area contributed by atoms with E-state index in [0.29, 0.717) is 22.8 Å². The molecule has 5 nitrogen and oxygen atoms in total. The van der Waals surface area contributed by atoms with E-state index < -0.39 is 0 Å². The number of thioether (sulfide) groups is 1. The Morgan fingerprint density at radius 2 is 2.15 bits per heavy atom. The smallest absolute Gasteiger partial charge is 0.277 e. The molecule has 0 unspecified atom stereocenters. The summed E-state index contributed by atoms with van der Waals surface area (Å²) in [5.74, 6) is 2.60. The van der Waals surface area contributed by atoms with Crippen LogP contribution in [-0.4, -0.2) is 15.2 Å². The number of aryl methyl sites for hydroxylation is 1. The van der Waals surface area contributed by atoms with Gasteiger partial charge >= 0.3 is 0 Å². The molecule has 0 bridgehead atoms. The number of fused-ring (bicyclic) bond motifs is 2. The molecule has 4 aromatic rings. The number of benzene rings is 1. The van der Waals surface area contributed by atoms with Gasteiger partial charge in [0.25, 0.3) is 11.1 Å². The third-order valence-electron chi connectivity index (χ3n) is 4.60. The molecule has 0 spiro atoms. The molecule has 0 saturated heterocycles. The minimum Gasteiger partial charge on any atom is -0.440 e. The highest BCUT2D eigenvalue weighted by atomic mass is 32.2. The van der Waals surface area contributed by atoms with E-state index in [2.05, 4.69) is 28.2 Å². The molecule has 3 heterocycles. The fourth-order valence-electron chi connectivity index (χ4n) is 3.28. The summed E-state index contributed by atoms with van der Waals surface area (Å²) in [6, 6.07) is 9.97. The number of thiophene rings is 1. The first kappa shape index (κ1) is 16.1. The van der Waals surface area contributed by atoms with Crippen LogP contribution in [0.2, 0.25) is 0 Å². The van der Waals surface area contributed by atoms with E-state index in [1.54, 1.807) is 11.3 Å². The van der Waals surface area contributed by atoms with Gasteiger partial charge in [0.1, 0.15) is 5.52 Å². The summed E-state index contributed by atoms with van der Waals surface area (Å²) >= 11 is 3.23. The van der Waals surface area contributed by atoms with Gasteiger partial charge in [0, 0.05) is 4.88 Å². The van der Waals surface area contributed by atoms with Crippen molar-refractivity contribution in [3.05, 3.63) is 46.7 Å². The minimum absolute atomic E-state index is 0.544. The lowest BCUT2D eigenvalue weighted by Crippen LogP contribution is -2.07. The normalized spacial score (nSPS) is 16.9. The van der Waals surface area contributed by atoms with Crippen molar-refractivity contribution >= 4 is 34.2 Å². The molecule has 1 atom stereocenters. The summed E-state index contributed by atoms with van der Waals surface area (Å²) in [5.41, 5.74) is 3.11. The van der Waals surface area contributed by atoms with Gasteiger partial charge in [-0.05, 0) is 48.9 Å². The Morgan fingerprint density at radius 3 is 3.08 bits per heavy atom. The fraction of sp³-hybridized carbons (Fsp3) is 0.316. The third kappa shape index (κ3) is 3.05. The summed E-state index contributed by atoms with van der Waals surface area (Å²) in [4.78, 5) is 7.01. The number of para-hydroxylation sites is 2. The highest BCUT2D eigenvalue weighted by Crippen LogP contribution is 2.37. The lowest BCUT2D eigenvalue weighted by Gasteiger charge is -2.16.